The summed E-state index contributed by atoms with van der Waals surface area (Å²) in [6.45, 7) is 3.76. The number of amides is 1. The molecular formula is C21H24ClF3N6O4. The van der Waals surface area contributed by atoms with Crippen molar-refractivity contribution in [3.05, 3.63) is 39.4 Å². The second kappa shape index (κ2) is 10.3. The lowest BCUT2D eigenvalue weighted by Crippen LogP contribution is -2.58. The van der Waals surface area contributed by atoms with Gasteiger partial charge in [0.1, 0.15) is 12.2 Å². The number of nitrogens with zero attached hydrogens (tertiary/aromatic N) is 4. The van der Waals surface area contributed by atoms with Gasteiger partial charge in [-0.15, -0.1) is 0 Å². The third-order valence-electron chi connectivity index (χ3n) is 5.71. The molecule has 2 aromatic heterocycles. The third kappa shape index (κ3) is 5.78. The largest absolute Gasteiger partial charge is 0.487 e. The molecule has 1 saturated heterocycles. The Hall–Kier alpha value is -3.06. The predicted molar refractivity (Wildman–Crippen MR) is 121 cm³/mol. The molecule has 0 radical (unpaired) electrons. The number of rotatable bonds is 7. The number of piperazine rings is 1. The summed E-state index contributed by atoms with van der Waals surface area (Å²) in [4.78, 5) is 32.4. The molecular weight excluding hydrogens is 493 g/mol. The number of nitrogens with one attached hydrogen (secondary N) is 2. The smallest absolute Gasteiger partial charge is 0.423 e. The van der Waals surface area contributed by atoms with Crippen LogP contribution in [-0.2, 0) is 15.7 Å². The second-order valence-electron chi connectivity index (χ2n) is 8.33. The van der Waals surface area contributed by atoms with Gasteiger partial charge in [0.05, 0.1) is 42.6 Å². The number of ether oxygens (including phenoxy) is 2. The lowest BCUT2D eigenvalue weighted by molar-refractivity contribution is -0.138. The van der Waals surface area contributed by atoms with E-state index < -0.39 is 29.0 Å². The van der Waals surface area contributed by atoms with E-state index in [4.69, 9.17) is 21.1 Å². The quantitative estimate of drug-likeness (QED) is 0.538. The number of aromatic nitrogens is 3. The first-order valence-electron chi connectivity index (χ1n) is 11.0. The van der Waals surface area contributed by atoms with Gasteiger partial charge in [-0.2, -0.15) is 18.3 Å². The summed E-state index contributed by atoms with van der Waals surface area (Å²) in [6, 6.07) is 1.14. The molecule has 1 unspecified atom stereocenters. The first-order valence-corrected chi connectivity index (χ1v) is 11.3. The summed E-state index contributed by atoms with van der Waals surface area (Å²) in [5.41, 5.74) is -3.10. The van der Waals surface area contributed by atoms with Crippen LogP contribution in [0.25, 0.3) is 0 Å². The predicted octanol–water partition coefficient (Wildman–Crippen LogP) is 2.15. The van der Waals surface area contributed by atoms with Crippen LogP contribution in [0, 0.1) is 0 Å². The first kappa shape index (κ1) is 25.0. The van der Waals surface area contributed by atoms with Crippen molar-refractivity contribution >= 4 is 29.0 Å². The highest BCUT2D eigenvalue weighted by molar-refractivity contribution is 6.30. The summed E-state index contributed by atoms with van der Waals surface area (Å²) in [5.74, 6) is 1.26. The van der Waals surface area contributed by atoms with Crippen molar-refractivity contribution in [1.82, 2.24) is 20.1 Å². The van der Waals surface area contributed by atoms with Crippen molar-refractivity contribution in [3.63, 3.8) is 0 Å². The van der Waals surface area contributed by atoms with Gasteiger partial charge in [0.2, 0.25) is 5.91 Å². The normalized spacial score (nSPS) is 18.4. The Labute approximate surface area is 203 Å². The SMILES string of the molecule is C[C@@H](COCCC(=O)N1CCN2c3ncc(Cl)cc3OCC2C1)Nc1cn[nH]c(=O)c1C(F)(F)F. The number of pyridine rings is 1. The molecule has 0 spiro atoms. The van der Waals surface area contributed by atoms with Crippen molar-refractivity contribution in [1.29, 1.82) is 0 Å². The van der Waals surface area contributed by atoms with Gasteiger partial charge in [-0.05, 0) is 6.92 Å². The minimum atomic E-state index is -4.83. The summed E-state index contributed by atoms with van der Waals surface area (Å²) in [5, 5.41) is 8.29. The van der Waals surface area contributed by atoms with E-state index >= 15 is 0 Å². The third-order valence-corrected chi connectivity index (χ3v) is 5.91. The van der Waals surface area contributed by atoms with Gasteiger partial charge < -0.3 is 24.6 Å². The molecule has 2 N–H and O–H groups in total. The van der Waals surface area contributed by atoms with E-state index in [-0.39, 0.29) is 31.6 Å². The zero-order valence-electron chi connectivity index (χ0n) is 18.8. The number of hydrogen-bond donors (Lipinski definition) is 2. The maximum atomic E-state index is 13.1. The van der Waals surface area contributed by atoms with Gasteiger partial charge >= 0.3 is 6.18 Å². The molecule has 2 aromatic rings. The molecule has 2 aliphatic heterocycles. The Kier molecular flexibility index (Phi) is 7.36. The highest BCUT2D eigenvalue weighted by Crippen LogP contribution is 2.35. The van der Waals surface area contributed by atoms with E-state index in [1.165, 1.54) is 0 Å². The monoisotopic (exact) mass is 516 g/mol. The van der Waals surface area contributed by atoms with Crippen molar-refractivity contribution in [2.45, 2.75) is 31.6 Å². The maximum Gasteiger partial charge on any atom is 0.423 e. The number of anilines is 2. The molecule has 0 bridgehead atoms. The molecule has 190 valence electrons. The number of hydrogen-bond acceptors (Lipinski definition) is 8. The topological polar surface area (TPSA) is 113 Å². The minimum Gasteiger partial charge on any atom is -0.487 e. The summed E-state index contributed by atoms with van der Waals surface area (Å²) >= 11 is 5.98. The second-order valence-corrected chi connectivity index (χ2v) is 8.77. The lowest BCUT2D eigenvalue weighted by atomic mass is 10.1. The Bertz CT molecular complexity index is 1130. The Morgan fingerprint density at radius 1 is 1.40 bits per heavy atom. The Morgan fingerprint density at radius 3 is 2.97 bits per heavy atom. The van der Waals surface area contributed by atoms with Crippen LogP contribution in [-0.4, -0.2) is 77.5 Å². The lowest BCUT2D eigenvalue weighted by Gasteiger charge is -2.44. The fourth-order valence-electron chi connectivity index (χ4n) is 4.10. The van der Waals surface area contributed by atoms with Crippen LogP contribution in [0.1, 0.15) is 18.9 Å². The molecule has 0 aromatic carbocycles. The number of halogens is 4. The molecule has 1 fully saturated rings. The molecule has 35 heavy (non-hydrogen) atoms. The van der Waals surface area contributed by atoms with Gasteiger partial charge in [-0.1, -0.05) is 11.6 Å². The first-order chi connectivity index (χ1) is 16.6. The van der Waals surface area contributed by atoms with Crippen molar-refractivity contribution in [2.75, 3.05) is 49.7 Å². The van der Waals surface area contributed by atoms with Crippen LogP contribution in [0.5, 0.6) is 5.75 Å². The summed E-state index contributed by atoms with van der Waals surface area (Å²) in [7, 11) is 0. The molecule has 4 rings (SSSR count). The zero-order valence-corrected chi connectivity index (χ0v) is 19.5. The van der Waals surface area contributed by atoms with E-state index in [1.54, 1.807) is 29.2 Å². The number of aromatic amines is 1. The number of fused-ring (bicyclic) bond motifs is 3. The molecule has 2 aliphatic rings. The Balaban J connectivity index is 1.23. The molecule has 0 aliphatic carbocycles. The van der Waals surface area contributed by atoms with E-state index in [0.29, 0.717) is 42.8 Å². The average molecular weight is 517 g/mol. The van der Waals surface area contributed by atoms with E-state index in [0.717, 1.165) is 6.20 Å². The van der Waals surface area contributed by atoms with Gasteiger partial charge in [0, 0.05) is 37.9 Å². The minimum absolute atomic E-state index is 0.0236. The summed E-state index contributed by atoms with van der Waals surface area (Å²) < 4.78 is 50.7. The highest BCUT2D eigenvalue weighted by atomic mass is 35.5. The number of H-pyrrole nitrogens is 1. The molecule has 0 saturated carbocycles. The van der Waals surface area contributed by atoms with E-state index in [1.807, 2.05) is 0 Å². The fraction of sp³-hybridized carbons (Fsp3) is 0.524. The Morgan fingerprint density at radius 2 is 2.20 bits per heavy atom. The standard InChI is InChI=1S/C21H24ClF3N6O4/c1-12(28-15-8-27-29-20(33)18(15)21(23,24)25)10-34-5-2-17(32)30-3-4-31-14(9-30)11-35-16-6-13(22)7-26-19(16)31/h6-8,12,14H,2-5,9-11H2,1H3,(H2,28,29,33)/t12-,14?/m0/s1. The molecule has 1 amide bonds. The average Bonchev–Trinajstić information content (AvgIpc) is 2.80. The number of carbonyl (C=O) groups is 1. The van der Waals surface area contributed by atoms with Crippen LogP contribution in [0.3, 0.4) is 0 Å². The van der Waals surface area contributed by atoms with Gasteiger partial charge in [-0.3, -0.25) is 9.59 Å². The summed E-state index contributed by atoms with van der Waals surface area (Å²) in [6.07, 6.45) is -2.23. The molecule has 14 heteroatoms. The van der Waals surface area contributed by atoms with Crippen LogP contribution in [0.15, 0.2) is 23.3 Å². The van der Waals surface area contributed by atoms with Crippen molar-refractivity contribution in [3.8, 4) is 5.75 Å². The molecule has 2 atom stereocenters. The van der Waals surface area contributed by atoms with E-state index in [9.17, 15) is 22.8 Å². The van der Waals surface area contributed by atoms with Crippen LogP contribution < -0.4 is 20.5 Å². The van der Waals surface area contributed by atoms with Crippen LogP contribution in [0.2, 0.25) is 5.02 Å². The number of carbonyl (C=O) groups excluding carboxylic acids is 1. The highest BCUT2D eigenvalue weighted by Gasteiger charge is 2.38. The molecule has 10 nitrogen and oxygen atoms in total. The van der Waals surface area contributed by atoms with Crippen LogP contribution in [0.4, 0.5) is 24.7 Å². The van der Waals surface area contributed by atoms with Crippen LogP contribution >= 0.6 is 11.6 Å². The molecule has 4 heterocycles. The zero-order chi connectivity index (χ0) is 25.2. The van der Waals surface area contributed by atoms with Crippen molar-refractivity contribution < 1.29 is 27.4 Å². The van der Waals surface area contributed by atoms with Gasteiger partial charge in [0.15, 0.2) is 11.6 Å². The van der Waals surface area contributed by atoms with Gasteiger partial charge in [-0.25, -0.2) is 10.1 Å². The van der Waals surface area contributed by atoms with Crippen molar-refractivity contribution in [2.24, 2.45) is 0 Å². The fourth-order valence-corrected chi connectivity index (χ4v) is 4.25. The number of alkyl halides is 3. The maximum absolute atomic E-state index is 13.1. The van der Waals surface area contributed by atoms with E-state index in [2.05, 4.69) is 20.3 Å². The van der Waals surface area contributed by atoms with Gasteiger partial charge in [0.25, 0.3) is 5.56 Å².